The highest BCUT2D eigenvalue weighted by molar-refractivity contribution is 4.93. The number of halogens is 2. The molecule has 0 N–H and O–H groups in total. The summed E-state index contributed by atoms with van der Waals surface area (Å²) in [5.41, 5.74) is 0. The standard InChI is InChI=1S/C7H14F2N2/c1-10(2)6-4-11(3)5-7(6,8)9/h6H,4-5H2,1-3H3. The van der Waals surface area contributed by atoms with Crippen LogP contribution in [0, 0.1) is 0 Å². The summed E-state index contributed by atoms with van der Waals surface area (Å²) in [6.07, 6.45) is 0. The largest absolute Gasteiger partial charge is 0.300 e. The van der Waals surface area contributed by atoms with Crippen LogP contribution in [0.2, 0.25) is 0 Å². The monoisotopic (exact) mass is 164 g/mol. The van der Waals surface area contributed by atoms with Gasteiger partial charge in [-0.1, -0.05) is 0 Å². The first-order valence-electron chi connectivity index (χ1n) is 3.66. The van der Waals surface area contributed by atoms with Crippen molar-refractivity contribution in [3.05, 3.63) is 0 Å². The maximum atomic E-state index is 13.0. The predicted octanol–water partition coefficient (Wildman–Crippen LogP) is 0.497. The second-order valence-corrected chi connectivity index (χ2v) is 3.44. The molecule has 0 aromatic carbocycles. The molecule has 1 atom stereocenters. The fourth-order valence-corrected chi connectivity index (χ4v) is 1.50. The maximum absolute atomic E-state index is 13.0. The molecule has 0 radical (unpaired) electrons. The van der Waals surface area contributed by atoms with Crippen molar-refractivity contribution in [2.24, 2.45) is 0 Å². The Hall–Kier alpha value is -0.220. The van der Waals surface area contributed by atoms with Crippen LogP contribution in [0.25, 0.3) is 0 Å². The maximum Gasteiger partial charge on any atom is 0.276 e. The summed E-state index contributed by atoms with van der Waals surface area (Å²) in [5.74, 6) is -2.54. The van der Waals surface area contributed by atoms with Gasteiger partial charge in [0.1, 0.15) is 0 Å². The van der Waals surface area contributed by atoms with E-state index in [2.05, 4.69) is 0 Å². The van der Waals surface area contributed by atoms with E-state index in [-0.39, 0.29) is 6.54 Å². The van der Waals surface area contributed by atoms with Gasteiger partial charge >= 0.3 is 0 Å². The molecular formula is C7H14F2N2. The van der Waals surface area contributed by atoms with E-state index < -0.39 is 12.0 Å². The lowest BCUT2D eigenvalue weighted by atomic mass is 10.2. The van der Waals surface area contributed by atoms with E-state index in [9.17, 15) is 8.78 Å². The van der Waals surface area contributed by atoms with Gasteiger partial charge in [0.05, 0.1) is 12.6 Å². The second-order valence-electron chi connectivity index (χ2n) is 3.44. The minimum absolute atomic E-state index is 0.115. The third kappa shape index (κ3) is 1.68. The molecular weight excluding hydrogens is 150 g/mol. The number of hydrogen-bond donors (Lipinski definition) is 0. The zero-order valence-electron chi connectivity index (χ0n) is 7.14. The van der Waals surface area contributed by atoms with Gasteiger partial charge in [0.2, 0.25) is 0 Å². The summed E-state index contributed by atoms with van der Waals surface area (Å²) in [7, 11) is 5.10. The Morgan fingerprint density at radius 1 is 1.45 bits per heavy atom. The number of rotatable bonds is 1. The predicted molar refractivity (Wildman–Crippen MR) is 39.9 cm³/mol. The van der Waals surface area contributed by atoms with E-state index >= 15 is 0 Å². The van der Waals surface area contributed by atoms with Gasteiger partial charge in [-0.3, -0.25) is 9.80 Å². The fourth-order valence-electron chi connectivity index (χ4n) is 1.50. The molecule has 0 saturated carbocycles. The third-order valence-corrected chi connectivity index (χ3v) is 2.08. The summed E-state index contributed by atoms with van der Waals surface area (Å²) in [6, 6.07) is -0.618. The molecule has 0 aliphatic carbocycles. The van der Waals surface area contributed by atoms with Gasteiger partial charge < -0.3 is 0 Å². The first-order chi connectivity index (χ1) is 4.93. The van der Waals surface area contributed by atoms with E-state index in [0.29, 0.717) is 6.54 Å². The Morgan fingerprint density at radius 3 is 2.18 bits per heavy atom. The third-order valence-electron chi connectivity index (χ3n) is 2.08. The highest BCUT2D eigenvalue weighted by atomic mass is 19.3. The SMILES string of the molecule is CN1CC(N(C)C)C(F)(F)C1. The van der Waals surface area contributed by atoms with Gasteiger partial charge in [-0.15, -0.1) is 0 Å². The average Bonchev–Trinajstić information content (AvgIpc) is 2.04. The van der Waals surface area contributed by atoms with Crippen LogP contribution in [-0.2, 0) is 0 Å². The van der Waals surface area contributed by atoms with Crippen LogP contribution in [0.4, 0.5) is 8.78 Å². The average molecular weight is 164 g/mol. The minimum atomic E-state index is -2.54. The number of likely N-dealkylation sites (tertiary alicyclic amines) is 1. The van der Waals surface area contributed by atoms with Crippen molar-refractivity contribution in [2.75, 3.05) is 34.2 Å². The van der Waals surface area contributed by atoms with Gasteiger partial charge in [-0.05, 0) is 21.1 Å². The van der Waals surface area contributed by atoms with Crippen molar-refractivity contribution in [1.29, 1.82) is 0 Å². The molecule has 0 spiro atoms. The van der Waals surface area contributed by atoms with Crippen LogP contribution in [0.5, 0.6) is 0 Å². The summed E-state index contributed by atoms with van der Waals surface area (Å²) < 4.78 is 26.1. The minimum Gasteiger partial charge on any atom is -0.300 e. The molecule has 4 heteroatoms. The summed E-state index contributed by atoms with van der Waals surface area (Å²) in [6.45, 7) is 0.343. The van der Waals surface area contributed by atoms with E-state index in [0.717, 1.165) is 0 Å². The molecule has 1 saturated heterocycles. The zero-order valence-corrected chi connectivity index (χ0v) is 7.14. The Bertz CT molecular complexity index is 147. The summed E-state index contributed by atoms with van der Waals surface area (Å²) in [4.78, 5) is 3.24. The molecule has 2 nitrogen and oxygen atoms in total. The van der Waals surface area contributed by atoms with E-state index in [1.54, 1.807) is 30.9 Å². The molecule has 1 rings (SSSR count). The van der Waals surface area contributed by atoms with Gasteiger partial charge in [0.15, 0.2) is 0 Å². The Balaban J connectivity index is 2.66. The van der Waals surface area contributed by atoms with Crippen molar-refractivity contribution < 1.29 is 8.78 Å². The first-order valence-corrected chi connectivity index (χ1v) is 3.66. The number of hydrogen-bond acceptors (Lipinski definition) is 2. The lowest BCUT2D eigenvalue weighted by molar-refractivity contribution is -0.0372. The Kier molecular flexibility index (Phi) is 2.16. The highest BCUT2D eigenvalue weighted by Crippen LogP contribution is 2.28. The van der Waals surface area contributed by atoms with Crippen molar-refractivity contribution in [2.45, 2.75) is 12.0 Å². The molecule has 1 unspecified atom stereocenters. The van der Waals surface area contributed by atoms with Crippen LogP contribution in [0.1, 0.15) is 0 Å². The zero-order chi connectivity index (χ0) is 8.65. The van der Waals surface area contributed by atoms with Gasteiger partial charge in [0, 0.05) is 6.54 Å². The lowest BCUT2D eigenvalue weighted by Gasteiger charge is -2.24. The number of nitrogens with zero attached hydrogens (tertiary/aromatic N) is 2. The van der Waals surface area contributed by atoms with Crippen LogP contribution < -0.4 is 0 Å². The smallest absolute Gasteiger partial charge is 0.276 e. The second kappa shape index (κ2) is 2.68. The Labute approximate surface area is 65.8 Å². The number of alkyl halides is 2. The van der Waals surface area contributed by atoms with Crippen molar-refractivity contribution >= 4 is 0 Å². The number of likely N-dealkylation sites (N-methyl/N-ethyl adjacent to an activating group) is 2. The molecule has 1 fully saturated rings. The van der Waals surface area contributed by atoms with E-state index in [4.69, 9.17) is 0 Å². The van der Waals surface area contributed by atoms with Crippen molar-refractivity contribution in [1.82, 2.24) is 9.80 Å². The fraction of sp³-hybridized carbons (Fsp3) is 1.00. The first kappa shape index (κ1) is 8.87. The van der Waals surface area contributed by atoms with Gasteiger partial charge in [0.25, 0.3) is 5.92 Å². The molecule has 1 heterocycles. The molecule has 0 aromatic rings. The summed E-state index contributed by atoms with van der Waals surface area (Å²) in [5, 5.41) is 0. The molecule has 66 valence electrons. The normalized spacial score (nSPS) is 31.6. The molecule has 1 aliphatic heterocycles. The summed E-state index contributed by atoms with van der Waals surface area (Å²) >= 11 is 0. The lowest BCUT2D eigenvalue weighted by Crippen LogP contribution is -2.42. The highest BCUT2D eigenvalue weighted by Gasteiger charge is 2.47. The van der Waals surface area contributed by atoms with Crippen molar-refractivity contribution in [3.63, 3.8) is 0 Å². The van der Waals surface area contributed by atoms with Crippen molar-refractivity contribution in [3.8, 4) is 0 Å². The Morgan fingerprint density at radius 2 is 2.00 bits per heavy atom. The van der Waals surface area contributed by atoms with Gasteiger partial charge in [-0.25, -0.2) is 8.78 Å². The van der Waals surface area contributed by atoms with E-state index in [1.165, 1.54) is 0 Å². The van der Waals surface area contributed by atoms with Gasteiger partial charge in [-0.2, -0.15) is 0 Å². The topological polar surface area (TPSA) is 6.48 Å². The van der Waals surface area contributed by atoms with Crippen LogP contribution in [-0.4, -0.2) is 56.0 Å². The molecule has 11 heavy (non-hydrogen) atoms. The van der Waals surface area contributed by atoms with Crippen LogP contribution in [0.15, 0.2) is 0 Å². The van der Waals surface area contributed by atoms with Crippen LogP contribution >= 0.6 is 0 Å². The quantitative estimate of drug-likeness (QED) is 0.556. The van der Waals surface area contributed by atoms with E-state index in [1.807, 2.05) is 0 Å². The molecule has 0 amide bonds. The molecule has 1 aliphatic rings. The molecule has 0 bridgehead atoms. The van der Waals surface area contributed by atoms with Crippen LogP contribution in [0.3, 0.4) is 0 Å². The molecule has 0 aromatic heterocycles.